The van der Waals surface area contributed by atoms with Crippen LogP contribution in [0.25, 0.3) is 0 Å². The molecule has 0 aromatic carbocycles. The average molecular weight is 349 g/mol. The summed E-state index contributed by atoms with van der Waals surface area (Å²) >= 11 is 6.71. The molecular formula is C12H20N4O2S3. The van der Waals surface area contributed by atoms with Crippen molar-refractivity contribution < 1.29 is 8.42 Å². The van der Waals surface area contributed by atoms with E-state index in [1.165, 1.54) is 11.3 Å². The van der Waals surface area contributed by atoms with Crippen molar-refractivity contribution in [3.8, 4) is 0 Å². The van der Waals surface area contributed by atoms with Gasteiger partial charge in [0, 0.05) is 6.42 Å². The first-order valence-corrected chi connectivity index (χ1v) is 9.84. The Morgan fingerprint density at radius 2 is 2.19 bits per heavy atom. The van der Waals surface area contributed by atoms with E-state index in [4.69, 9.17) is 12.2 Å². The molecule has 2 N–H and O–H groups in total. The third-order valence-corrected chi connectivity index (χ3v) is 6.16. The zero-order valence-corrected chi connectivity index (χ0v) is 14.8. The maximum atomic E-state index is 11.6. The Labute approximate surface area is 134 Å². The molecule has 21 heavy (non-hydrogen) atoms. The lowest BCUT2D eigenvalue weighted by molar-refractivity contribution is 0.474. The van der Waals surface area contributed by atoms with Gasteiger partial charge in [0.25, 0.3) is 0 Å². The van der Waals surface area contributed by atoms with Gasteiger partial charge in [0.05, 0.1) is 17.0 Å². The summed E-state index contributed by atoms with van der Waals surface area (Å²) in [4.78, 5) is 0. The van der Waals surface area contributed by atoms with Crippen LogP contribution in [0.5, 0.6) is 0 Å². The summed E-state index contributed by atoms with van der Waals surface area (Å²) in [7, 11) is -2.96. The number of thiocarbonyl (C=S) groups is 1. The molecule has 0 aliphatic carbocycles. The van der Waals surface area contributed by atoms with Gasteiger partial charge in [0.1, 0.15) is 5.01 Å². The molecule has 1 aliphatic rings. The second-order valence-electron chi connectivity index (χ2n) is 6.08. The number of nitrogens with one attached hydrogen (secondary N) is 2. The van der Waals surface area contributed by atoms with Gasteiger partial charge >= 0.3 is 0 Å². The number of aromatic nitrogens is 2. The van der Waals surface area contributed by atoms with Crippen molar-refractivity contribution in [2.45, 2.75) is 39.2 Å². The fourth-order valence-corrected chi connectivity index (χ4v) is 5.70. The van der Waals surface area contributed by atoms with E-state index in [0.29, 0.717) is 22.6 Å². The van der Waals surface area contributed by atoms with E-state index in [1.807, 2.05) is 6.92 Å². The van der Waals surface area contributed by atoms with Gasteiger partial charge < -0.3 is 10.6 Å². The van der Waals surface area contributed by atoms with Crippen LogP contribution < -0.4 is 10.6 Å². The molecule has 1 aromatic heterocycles. The topological polar surface area (TPSA) is 84.0 Å². The minimum atomic E-state index is -2.96. The molecule has 2 heterocycles. The minimum absolute atomic E-state index is 0.108. The second kappa shape index (κ2) is 6.13. The lowest BCUT2D eigenvalue weighted by atomic mass is 10.0. The molecule has 118 valence electrons. The molecule has 0 radical (unpaired) electrons. The highest BCUT2D eigenvalue weighted by atomic mass is 32.2. The maximum Gasteiger partial charge on any atom is 0.211 e. The van der Waals surface area contributed by atoms with Gasteiger partial charge in [-0.1, -0.05) is 25.2 Å². The summed E-state index contributed by atoms with van der Waals surface area (Å²) in [6.07, 6.45) is 1.45. The van der Waals surface area contributed by atoms with Crippen molar-refractivity contribution >= 4 is 43.6 Å². The number of rotatable bonds is 4. The van der Waals surface area contributed by atoms with E-state index in [-0.39, 0.29) is 11.5 Å². The highest BCUT2D eigenvalue weighted by Gasteiger charge is 2.38. The molecule has 1 aliphatic heterocycles. The standard InChI is InChI=1S/C12H20N4O2S3/c1-8(2)6-9-15-16-11(20-9)13-10(19)14-12(3)4-5-21(17,18)7-12/h8H,4-7H2,1-3H3,(H2,13,14,16,19)/t12-/m1/s1. The van der Waals surface area contributed by atoms with Gasteiger partial charge in [-0.15, -0.1) is 10.2 Å². The summed E-state index contributed by atoms with van der Waals surface area (Å²) in [5, 5.41) is 16.2. The van der Waals surface area contributed by atoms with Gasteiger partial charge in [0.2, 0.25) is 5.13 Å². The molecule has 0 bridgehead atoms. The summed E-state index contributed by atoms with van der Waals surface area (Å²) in [5.74, 6) is 0.839. The van der Waals surface area contributed by atoms with Crippen LogP contribution in [0.4, 0.5) is 5.13 Å². The number of hydrogen-bond acceptors (Lipinski definition) is 6. The van der Waals surface area contributed by atoms with Gasteiger partial charge in [-0.3, -0.25) is 0 Å². The molecule has 0 saturated carbocycles. The Morgan fingerprint density at radius 1 is 1.48 bits per heavy atom. The van der Waals surface area contributed by atoms with E-state index in [0.717, 1.165) is 11.4 Å². The van der Waals surface area contributed by atoms with E-state index in [1.54, 1.807) is 0 Å². The first-order chi connectivity index (χ1) is 9.67. The monoisotopic (exact) mass is 348 g/mol. The van der Waals surface area contributed by atoms with Crippen LogP contribution in [0.3, 0.4) is 0 Å². The fourth-order valence-electron chi connectivity index (χ4n) is 2.25. The van der Waals surface area contributed by atoms with Gasteiger partial charge in [-0.05, 0) is 31.5 Å². The molecule has 1 aromatic rings. The van der Waals surface area contributed by atoms with Crippen molar-refractivity contribution in [2.24, 2.45) is 5.92 Å². The molecule has 6 nitrogen and oxygen atoms in total. The lowest BCUT2D eigenvalue weighted by Gasteiger charge is -2.25. The Kier molecular flexibility index (Phi) is 4.84. The predicted octanol–water partition coefficient (Wildman–Crippen LogP) is 1.60. The highest BCUT2D eigenvalue weighted by Crippen LogP contribution is 2.23. The van der Waals surface area contributed by atoms with Crippen LogP contribution in [-0.2, 0) is 16.3 Å². The number of sulfone groups is 1. The smallest absolute Gasteiger partial charge is 0.211 e. The Balaban J connectivity index is 1.92. The van der Waals surface area contributed by atoms with E-state index >= 15 is 0 Å². The molecule has 1 fully saturated rings. The minimum Gasteiger partial charge on any atom is -0.356 e. The molecule has 2 rings (SSSR count). The Hall–Kier alpha value is -0.800. The van der Waals surface area contributed by atoms with Crippen molar-refractivity contribution in [1.29, 1.82) is 0 Å². The first-order valence-electron chi connectivity index (χ1n) is 6.79. The largest absolute Gasteiger partial charge is 0.356 e. The summed E-state index contributed by atoms with van der Waals surface area (Å²) in [6, 6.07) is 0. The van der Waals surface area contributed by atoms with Crippen LogP contribution in [-0.4, -0.2) is 40.8 Å². The summed E-state index contributed by atoms with van der Waals surface area (Å²) in [5.41, 5.74) is -0.506. The number of anilines is 1. The van der Waals surface area contributed by atoms with Crippen molar-refractivity contribution in [3.63, 3.8) is 0 Å². The summed E-state index contributed by atoms with van der Waals surface area (Å²) in [6.45, 7) is 6.12. The molecule has 0 amide bonds. The maximum absolute atomic E-state index is 11.6. The van der Waals surface area contributed by atoms with Crippen molar-refractivity contribution in [1.82, 2.24) is 15.5 Å². The van der Waals surface area contributed by atoms with E-state index in [9.17, 15) is 8.42 Å². The molecular weight excluding hydrogens is 328 g/mol. The van der Waals surface area contributed by atoms with E-state index < -0.39 is 15.4 Å². The third kappa shape index (κ3) is 4.86. The van der Waals surface area contributed by atoms with Crippen LogP contribution in [0.15, 0.2) is 0 Å². The quantitative estimate of drug-likeness (QED) is 0.800. The SMILES string of the molecule is CC(C)Cc1nnc(NC(=S)N[C@]2(C)CCS(=O)(=O)C2)s1. The fraction of sp³-hybridized carbons (Fsp3) is 0.750. The van der Waals surface area contributed by atoms with Gasteiger partial charge in [-0.25, -0.2) is 8.42 Å². The van der Waals surface area contributed by atoms with Crippen LogP contribution in [0.2, 0.25) is 0 Å². The lowest BCUT2D eigenvalue weighted by Crippen LogP contribution is -2.48. The zero-order chi connectivity index (χ0) is 15.7. The molecule has 1 atom stereocenters. The van der Waals surface area contributed by atoms with Crippen LogP contribution in [0.1, 0.15) is 32.2 Å². The van der Waals surface area contributed by atoms with Gasteiger partial charge in [0.15, 0.2) is 14.9 Å². The van der Waals surface area contributed by atoms with Crippen molar-refractivity contribution in [3.05, 3.63) is 5.01 Å². The normalized spacial score (nSPS) is 24.2. The number of hydrogen-bond donors (Lipinski definition) is 2. The Morgan fingerprint density at radius 3 is 2.76 bits per heavy atom. The second-order valence-corrected chi connectivity index (χ2v) is 9.74. The zero-order valence-electron chi connectivity index (χ0n) is 12.3. The molecule has 1 saturated heterocycles. The van der Waals surface area contributed by atoms with Crippen molar-refractivity contribution in [2.75, 3.05) is 16.8 Å². The highest BCUT2D eigenvalue weighted by molar-refractivity contribution is 7.91. The number of nitrogens with zero attached hydrogens (tertiary/aromatic N) is 2. The Bertz CT molecular complexity index is 626. The van der Waals surface area contributed by atoms with Crippen LogP contribution >= 0.6 is 23.6 Å². The summed E-state index contributed by atoms with van der Waals surface area (Å²) < 4.78 is 23.1. The molecule has 9 heteroatoms. The first kappa shape index (κ1) is 16.6. The average Bonchev–Trinajstić information content (AvgIpc) is 2.82. The van der Waals surface area contributed by atoms with E-state index in [2.05, 4.69) is 34.7 Å². The molecule has 0 unspecified atom stereocenters. The third-order valence-electron chi connectivity index (χ3n) is 3.19. The predicted molar refractivity (Wildman–Crippen MR) is 89.5 cm³/mol. The van der Waals surface area contributed by atoms with Gasteiger partial charge in [-0.2, -0.15) is 0 Å². The van der Waals surface area contributed by atoms with Crippen LogP contribution in [0, 0.1) is 5.92 Å². The molecule has 0 spiro atoms.